The molecular formula is C16H22N2OS. The Labute approximate surface area is 125 Å². The van der Waals surface area contributed by atoms with E-state index in [-0.39, 0.29) is 5.92 Å². The van der Waals surface area contributed by atoms with Crippen LogP contribution in [0.2, 0.25) is 0 Å². The molecule has 0 bridgehead atoms. The van der Waals surface area contributed by atoms with Crippen molar-refractivity contribution in [3.05, 3.63) is 29.8 Å². The van der Waals surface area contributed by atoms with E-state index in [1.807, 2.05) is 24.9 Å². The fourth-order valence-electron chi connectivity index (χ4n) is 3.31. The number of thioether (sulfide) groups is 1. The zero-order valence-electron chi connectivity index (χ0n) is 12.0. The Balaban J connectivity index is 1.70. The van der Waals surface area contributed by atoms with E-state index in [9.17, 15) is 4.79 Å². The van der Waals surface area contributed by atoms with Gasteiger partial charge in [0.15, 0.2) is 0 Å². The van der Waals surface area contributed by atoms with Crippen LogP contribution in [0.5, 0.6) is 0 Å². The molecule has 1 aromatic rings. The van der Waals surface area contributed by atoms with E-state index >= 15 is 0 Å². The van der Waals surface area contributed by atoms with Crippen molar-refractivity contribution < 1.29 is 4.79 Å². The van der Waals surface area contributed by atoms with Gasteiger partial charge in [-0.3, -0.25) is 4.79 Å². The zero-order chi connectivity index (χ0) is 13.9. The van der Waals surface area contributed by atoms with Crippen molar-refractivity contribution in [2.45, 2.75) is 23.7 Å². The Bertz CT molecular complexity index is 489. The summed E-state index contributed by atoms with van der Waals surface area (Å²) in [5.41, 5.74) is 1.23. The van der Waals surface area contributed by atoms with Crippen molar-refractivity contribution >= 4 is 17.7 Å². The van der Waals surface area contributed by atoms with Crippen LogP contribution in [0.1, 0.15) is 24.3 Å². The van der Waals surface area contributed by atoms with Gasteiger partial charge in [0.05, 0.1) is 5.92 Å². The molecule has 1 aromatic carbocycles. The van der Waals surface area contributed by atoms with Gasteiger partial charge in [0.2, 0.25) is 5.91 Å². The minimum Gasteiger partial charge on any atom is -0.342 e. The van der Waals surface area contributed by atoms with E-state index in [1.54, 1.807) is 0 Å². The molecule has 0 aliphatic carbocycles. The second-order valence-electron chi connectivity index (χ2n) is 5.75. The largest absolute Gasteiger partial charge is 0.342 e. The molecule has 1 saturated heterocycles. The Kier molecular flexibility index (Phi) is 4.32. The first-order valence-corrected chi connectivity index (χ1v) is 8.43. The van der Waals surface area contributed by atoms with Crippen LogP contribution in [0.15, 0.2) is 29.2 Å². The Morgan fingerprint density at radius 2 is 2.30 bits per heavy atom. The average molecular weight is 290 g/mol. The third kappa shape index (κ3) is 2.72. The number of nitrogens with one attached hydrogen (secondary N) is 1. The average Bonchev–Trinajstić information content (AvgIpc) is 2.91. The van der Waals surface area contributed by atoms with Crippen LogP contribution >= 0.6 is 11.8 Å². The summed E-state index contributed by atoms with van der Waals surface area (Å²) in [7, 11) is 1.99. The maximum absolute atomic E-state index is 12.8. The molecule has 3 rings (SSSR count). The van der Waals surface area contributed by atoms with Gasteiger partial charge in [0.25, 0.3) is 0 Å². The summed E-state index contributed by atoms with van der Waals surface area (Å²) in [6.07, 6.45) is 2.38. The molecule has 1 amide bonds. The maximum Gasteiger partial charge on any atom is 0.231 e. The lowest BCUT2D eigenvalue weighted by Crippen LogP contribution is -2.44. The Morgan fingerprint density at radius 1 is 1.45 bits per heavy atom. The molecule has 1 N–H and O–H groups in total. The normalized spacial score (nSPS) is 25.6. The van der Waals surface area contributed by atoms with Crippen molar-refractivity contribution in [3.8, 4) is 0 Å². The molecule has 20 heavy (non-hydrogen) atoms. The third-order valence-electron chi connectivity index (χ3n) is 4.32. The SMILES string of the molecule is CNC[C@@H]1CCCN(C(=O)[C@@H]2CSc3ccccc32)C1. The van der Waals surface area contributed by atoms with Gasteiger partial charge in [0, 0.05) is 23.7 Å². The third-order valence-corrected chi connectivity index (χ3v) is 5.50. The van der Waals surface area contributed by atoms with Crippen LogP contribution in [0.25, 0.3) is 0 Å². The second-order valence-corrected chi connectivity index (χ2v) is 6.81. The first kappa shape index (κ1) is 14.0. The Morgan fingerprint density at radius 3 is 3.15 bits per heavy atom. The molecule has 2 aliphatic heterocycles. The quantitative estimate of drug-likeness (QED) is 0.927. The fraction of sp³-hybridized carbons (Fsp3) is 0.562. The molecule has 0 spiro atoms. The highest BCUT2D eigenvalue weighted by molar-refractivity contribution is 7.99. The summed E-state index contributed by atoms with van der Waals surface area (Å²) >= 11 is 1.82. The molecule has 1 fully saturated rings. The van der Waals surface area contributed by atoms with Gasteiger partial charge in [-0.2, -0.15) is 0 Å². The molecule has 4 heteroatoms. The van der Waals surface area contributed by atoms with Gasteiger partial charge in [-0.25, -0.2) is 0 Å². The second kappa shape index (κ2) is 6.19. The van der Waals surface area contributed by atoms with Crippen LogP contribution < -0.4 is 5.32 Å². The number of likely N-dealkylation sites (tertiary alicyclic amines) is 1. The van der Waals surface area contributed by atoms with Crippen molar-refractivity contribution in [2.24, 2.45) is 5.92 Å². The van der Waals surface area contributed by atoms with Crippen molar-refractivity contribution in [3.63, 3.8) is 0 Å². The molecule has 0 unspecified atom stereocenters. The highest BCUT2D eigenvalue weighted by Gasteiger charge is 2.33. The summed E-state index contributed by atoms with van der Waals surface area (Å²) in [6, 6.07) is 8.35. The van der Waals surface area contributed by atoms with Gasteiger partial charge < -0.3 is 10.2 Å². The van der Waals surface area contributed by atoms with Gasteiger partial charge in [-0.15, -0.1) is 11.8 Å². The molecule has 2 heterocycles. The number of fused-ring (bicyclic) bond motifs is 1. The Hall–Kier alpha value is -1.00. The topological polar surface area (TPSA) is 32.3 Å². The molecule has 0 aromatic heterocycles. The van der Waals surface area contributed by atoms with Crippen LogP contribution in [-0.2, 0) is 4.79 Å². The number of benzene rings is 1. The lowest BCUT2D eigenvalue weighted by molar-refractivity contribution is -0.134. The number of amides is 1. The molecule has 108 valence electrons. The van der Waals surface area contributed by atoms with Crippen molar-refractivity contribution in [2.75, 3.05) is 32.4 Å². The predicted octanol–water partition coefficient (Wildman–Crippen LogP) is 2.33. The summed E-state index contributed by atoms with van der Waals surface area (Å²) in [5.74, 6) is 1.93. The maximum atomic E-state index is 12.8. The number of hydrogen-bond donors (Lipinski definition) is 1. The molecule has 2 atom stereocenters. The molecular weight excluding hydrogens is 268 g/mol. The zero-order valence-corrected chi connectivity index (χ0v) is 12.8. The van der Waals surface area contributed by atoms with E-state index in [4.69, 9.17) is 0 Å². The first-order chi connectivity index (χ1) is 9.79. The van der Waals surface area contributed by atoms with Crippen LogP contribution in [0.3, 0.4) is 0 Å². The highest BCUT2D eigenvalue weighted by atomic mass is 32.2. The fourth-order valence-corrected chi connectivity index (χ4v) is 4.53. The van der Waals surface area contributed by atoms with Gasteiger partial charge in [-0.05, 0) is 44.0 Å². The van der Waals surface area contributed by atoms with Crippen molar-refractivity contribution in [1.29, 1.82) is 0 Å². The van der Waals surface area contributed by atoms with Crippen molar-refractivity contribution in [1.82, 2.24) is 10.2 Å². The minimum absolute atomic E-state index is 0.0736. The lowest BCUT2D eigenvalue weighted by Gasteiger charge is -2.34. The molecule has 3 nitrogen and oxygen atoms in total. The smallest absolute Gasteiger partial charge is 0.231 e. The van der Waals surface area contributed by atoms with Gasteiger partial charge in [0.1, 0.15) is 0 Å². The minimum atomic E-state index is 0.0736. The predicted molar refractivity (Wildman–Crippen MR) is 83.1 cm³/mol. The number of rotatable bonds is 3. The van der Waals surface area contributed by atoms with E-state index in [1.165, 1.54) is 16.9 Å². The van der Waals surface area contributed by atoms with Crippen LogP contribution in [0, 0.1) is 5.92 Å². The number of carbonyl (C=O) groups is 1. The standard InChI is InChI=1S/C16H22N2OS/c1-17-9-12-5-4-8-18(10-12)16(19)14-11-20-15-7-3-2-6-13(14)15/h2-3,6-7,12,14,17H,4-5,8-11H2,1H3/t12-,14+/m0/s1. The summed E-state index contributed by atoms with van der Waals surface area (Å²) in [4.78, 5) is 16.2. The number of hydrogen-bond acceptors (Lipinski definition) is 3. The van der Waals surface area contributed by atoms with Crippen LogP contribution in [0.4, 0.5) is 0 Å². The molecule has 2 aliphatic rings. The van der Waals surface area contributed by atoms with Gasteiger partial charge in [-0.1, -0.05) is 18.2 Å². The van der Waals surface area contributed by atoms with E-state index in [0.717, 1.165) is 31.8 Å². The summed E-state index contributed by atoms with van der Waals surface area (Å²) < 4.78 is 0. The highest BCUT2D eigenvalue weighted by Crippen LogP contribution is 2.40. The lowest BCUT2D eigenvalue weighted by atomic mass is 9.94. The number of piperidine rings is 1. The number of nitrogens with zero attached hydrogens (tertiary/aromatic N) is 1. The van der Waals surface area contributed by atoms with Gasteiger partial charge >= 0.3 is 0 Å². The summed E-state index contributed by atoms with van der Waals surface area (Å²) in [6.45, 7) is 2.87. The first-order valence-electron chi connectivity index (χ1n) is 7.44. The monoisotopic (exact) mass is 290 g/mol. The molecule has 0 saturated carbocycles. The number of carbonyl (C=O) groups excluding carboxylic acids is 1. The van der Waals surface area contributed by atoms with Crippen LogP contribution in [-0.4, -0.2) is 43.2 Å². The van der Waals surface area contributed by atoms with E-state index in [0.29, 0.717) is 11.8 Å². The summed E-state index contributed by atoms with van der Waals surface area (Å²) in [5, 5.41) is 3.24. The molecule has 0 radical (unpaired) electrons. The van der Waals surface area contributed by atoms with E-state index < -0.39 is 0 Å². The van der Waals surface area contributed by atoms with E-state index in [2.05, 4.69) is 28.4 Å².